The Morgan fingerprint density at radius 3 is 3.00 bits per heavy atom. The van der Waals surface area contributed by atoms with Gasteiger partial charge in [0.2, 0.25) is 0 Å². The van der Waals surface area contributed by atoms with Crippen LogP contribution >= 0.6 is 11.8 Å². The van der Waals surface area contributed by atoms with Crippen LogP contribution in [0.2, 0.25) is 0 Å². The third-order valence-corrected chi connectivity index (χ3v) is 4.85. The van der Waals surface area contributed by atoms with Crippen molar-refractivity contribution in [2.75, 3.05) is 12.3 Å². The molecule has 0 spiro atoms. The van der Waals surface area contributed by atoms with Gasteiger partial charge < -0.3 is 11.1 Å². The number of carbonyl (C=O) groups excluding carboxylic acids is 1. The molecule has 3 nitrogen and oxygen atoms in total. The number of hydrogen-bond acceptors (Lipinski definition) is 3. The van der Waals surface area contributed by atoms with Gasteiger partial charge in [0.1, 0.15) is 0 Å². The first kappa shape index (κ1) is 15.9. The van der Waals surface area contributed by atoms with Crippen LogP contribution < -0.4 is 11.1 Å². The molecule has 3 N–H and O–H groups in total. The third-order valence-electron chi connectivity index (χ3n) is 3.62. The quantitative estimate of drug-likeness (QED) is 0.840. The molecule has 1 aliphatic rings. The molecule has 1 saturated carbocycles. The standard InChI is InChI=1S/C17H22N2OS/c1-2-21-15-10-9-14(12-15)19-17(20)16-8-4-3-6-13(16)7-5-11-18/h3-4,6,8,14-15H,2,9-12,18H2,1H3,(H,19,20). The SMILES string of the molecule is CCSC1CCC(NC(=O)c2ccccc2C#CCN)C1. The lowest BCUT2D eigenvalue weighted by Gasteiger charge is -2.14. The number of nitrogens with two attached hydrogens (primary N) is 1. The second-order valence-electron chi connectivity index (χ2n) is 5.11. The Labute approximate surface area is 131 Å². The van der Waals surface area contributed by atoms with Crippen molar-refractivity contribution in [3.63, 3.8) is 0 Å². The largest absolute Gasteiger partial charge is 0.349 e. The molecule has 1 fully saturated rings. The summed E-state index contributed by atoms with van der Waals surface area (Å²) in [6.45, 7) is 2.48. The van der Waals surface area contributed by atoms with E-state index < -0.39 is 0 Å². The minimum absolute atomic E-state index is 0.0240. The second-order valence-corrected chi connectivity index (χ2v) is 6.69. The van der Waals surface area contributed by atoms with Crippen LogP contribution in [0, 0.1) is 11.8 Å². The van der Waals surface area contributed by atoms with Crippen molar-refractivity contribution >= 4 is 17.7 Å². The molecule has 0 bridgehead atoms. The predicted molar refractivity (Wildman–Crippen MR) is 89.4 cm³/mol. The molecular formula is C17H22N2OS. The molecule has 2 rings (SSSR count). The van der Waals surface area contributed by atoms with Gasteiger partial charge in [0.25, 0.3) is 5.91 Å². The number of thioether (sulfide) groups is 1. The summed E-state index contributed by atoms with van der Waals surface area (Å²) in [6, 6.07) is 7.73. The topological polar surface area (TPSA) is 55.1 Å². The van der Waals surface area contributed by atoms with Gasteiger partial charge in [0.05, 0.1) is 12.1 Å². The van der Waals surface area contributed by atoms with Crippen LogP contribution in [0.15, 0.2) is 24.3 Å². The van der Waals surface area contributed by atoms with Crippen LogP contribution in [0.1, 0.15) is 42.1 Å². The van der Waals surface area contributed by atoms with E-state index in [-0.39, 0.29) is 11.9 Å². The fourth-order valence-electron chi connectivity index (χ4n) is 2.66. The van der Waals surface area contributed by atoms with E-state index in [2.05, 4.69) is 24.1 Å². The number of hydrogen-bond donors (Lipinski definition) is 2. The van der Waals surface area contributed by atoms with Crippen LogP contribution in [-0.4, -0.2) is 29.5 Å². The lowest BCUT2D eigenvalue weighted by atomic mass is 10.1. The van der Waals surface area contributed by atoms with Gasteiger partial charge in [-0.2, -0.15) is 11.8 Å². The number of benzene rings is 1. The van der Waals surface area contributed by atoms with Crippen molar-refractivity contribution in [1.29, 1.82) is 0 Å². The Bertz CT molecular complexity index is 547. The lowest BCUT2D eigenvalue weighted by Crippen LogP contribution is -2.33. The van der Waals surface area contributed by atoms with E-state index in [1.807, 2.05) is 36.0 Å². The molecule has 0 saturated heterocycles. The first-order chi connectivity index (χ1) is 10.2. The van der Waals surface area contributed by atoms with E-state index in [4.69, 9.17) is 5.73 Å². The maximum absolute atomic E-state index is 12.4. The molecule has 0 aliphatic heterocycles. The average molecular weight is 302 g/mol. The van der Waals surface area contributed by atoms with Crippen LogP contribution in [0.3, 0.4) is 0 Å². The summed E-state index contributed by atoms with van der Waals surface area (Å²) in [7, 11) is 0. The monoisotopic (exact) mass is 302 g/mol. The van der Waals surface area contributed by atoms with Gasteiger partial charge >= 0.3 is 0 Å². The molecule has 2 atom stereocenters. The van der Waals surface area contributed by atoms with Gasteiger partial charge in [0.15, 0.2) is 0 Å². The smallest absolute Gasteiger partial charge is 0.252 e. The average Bonchev–Trinajstić information content (AvgIpc) is 2.93. The van der Waals surface area contributed by atoms with E-state index in [1.54, 1.807) is 0 Å². The fourth-order valence-corrected chi connectivity index (χ4v) is 3.80. The zero-order valence-corrected chi connectivity index (χ0v) is 13.2. The Hall–Kier alpha value is -1.44. The minimum Gasteiger partial charge on any atom is -0.349 e. The molecule has 21 heavy (non-hydrogen) atoms. The summed E-state index contributed by atoms with van der Waals surface area (Å²) < 4.78 is 0. The Kier molecular flexibility index (Phi) is 6.16. The highest BCUT2D eigenvalue weighted by Gasteiger charge is 2.26. The number of carbonyl (C=O) groups is 1. The summed E-state index contributed by atoms with van der Waals surface area (Å²) in [5, 5.41) is 3.84. The first-order valence-corrected chi connectivity index (χ1v) is 8.50. The predicted octanol–water partition coefficient (Wildman–Crippen LogP) is 2.40. The zero-order valence-electron chi connectivity index (χ0n) is 12.4. The Morgan fingerprint density at radius 2 is 2.24 bits per heavy atom. The molecule has 1 aromatic rings. The summed E-state index contributed by atoms with van der Waals surface area (Å²) in [5.41, 5.74) is 6.79. The van der Waals surface area contributed by atoms with Gasteiger partial charge in [-0.25, -0.2) is 0 Å². The van der Waals surface area contributed by atoms with Crippen molar-refractivity contribution < 1.29 is 4.79 Å². The van der Waals surface area contributed by atoms with E-state index in [1.165, 1.54) is 6.42 Å². The van der Waals surface area contributed by atoms with E-state index >= 15 is 0 Å². The van der Waals surface area contributed by atoms with Gasteiger partial charge in [-0.15, -0.1) is 0 Å². The molecule has 0 heterocycles. The van der Waals surface area contributed by atoms with Crippen LogP contribution in [-0.2, 0) is 0 Å². The molecule has 0 radical (unpaired) electrons. The first-order valence-electron chi connectivity index (χ1n) is 7.45. The Balaban J connectivity index is 2.01. The van der Waals surface area contributed by atoms with Gasteiger partial charge in [-0.3, -0.25) is 4.79 Å². The van der Waals surface area contributed by atoms with E-state index in [0.29, 0.717) is 17.4 Å². The molecule has 4 heteroatoms. The van der Waals surface area contributed by atoms with Gasteiger partial charge in [0, 0.05) is 16.9 Å². The summed E-state index contributed by atoms with van der Waals surface area (Å²) in [6.07, 6.45) is 3.33. The van der Waals surface area contributed by atoms with E-state index in [9.17, 15) is 4.79 Å². The number of amides is 1. The molecule has 1 amide bonds. The molecule has 0 aromatic heterocycles. The van der Waals surface area contributed by atoms with Gasteiger partial charge in [-0.05, 0) is 37.1 Å². The van der Waals surface area contributed by atoms with Crippen molar-refractivity contribution in [1.82, 2.24) is 5.32 Å². The number of nitrogens with one attached hydrogen (secondary N) is 1. The van der Waals surface area contributed by atoms with Gasteiger partial charge in [-0.1, -0.05) is 30.9 Å². The molecule has 2 unspecified atom stereocenters. The maximum atomic E-state index is 12.4. The lowest BCUT2D eigenvalue weighted by molar-refractivity contribution is 0.0938. The summed E-state index contributed by atoms with van der Waals surface area (Å²) in [4.78, 5) is 12.4. The fraction of sp³-hybridized carbons (Fsp3) is 0.471. The third kappa shape index (κ3) is 4.52. The van der Waals surface area contributed by atoms with Crippen molar-refractivity contribution in [3.05, 3.63) is 35.4 Å². The maximum Gasteiger partial charge on any atom is 0.252 e. The highest BCUT2D eigenvalue weighted by Crippen LogP contribution is 2.29. The normalized spacial score (nSPS) is 20.7. The second kappa shape index (κ2) is 8.11. The number of rotatable bonds is 4. The molecule has 112 valence electrons. The summed E-state index contributed by atoms with van der Waals surface area (Å²) >= 11 is 1.99. The van der Waals surface area contributed by atoms with Crippen LogP contribution in [0.5, 0.6) is 0 Å². The molecular weight excluding hydrogens is 280 g/mol. The van der Waals surface area contributed by atoms with Crippen LogP contribution in [0.4, 0.5) is 0 Å². The van der Waals surface area contributed by atoms with Crippen molar-refractivity contribution in [2.24, 2.45) is 5.73 Å². The minimum atomic E-state index is -0.0240. The molecule has 1 aliphatic carbocycles. The van der Waals surface area contributed by atoms with Crippen molar-refractivity contribution in [3.8, 4) is 11.8 Å². The highest BCUT2D eigenvalue weighted by molar-refractivity contribution is 7.99. The Morgan fingerprint density at radius 1 is 1.43 bits per heavy atom. The highest BCUT2D eigenvalue weighted by atomic mass is 32.2. The van der Waals surface area contributed by atoms with E-state index in [0.717, 1.165) is 24.2 Å². The molecule has 1 aromatic carbocycles. The summed E-state index contributed by atoms with van der Waals surface area (Å²) in [5.74, 6) is 6.90. The van der Waals surface area contributed by atoms with Crippen LogP contribution in [0.25, 0.3) is 0 Å². The van der Waals surface area contributed by atoms with Crippen molar-refractivity contribution in [2.45, 2.75) is 37.5 Å². The zero-order chi connectivity index (χ0) is 15.1.